The summed E-state index contributed by atoms with van der Waals surface area (Å²) < 4.78 is 5.98. The van der Waals surface area contributed by atoms with E-state index in [0.29, 0.717) is 12.0 Å². The van der Waals surface area contributed by atoms with Gasteiger partial charge >= 0.3 is 0 Å². The number of likely N-dealkylation sites (tertiary alicyclic amines) is 1. The van der Waals surface area contributed by atoms with Crippen molar-refractivity contribution in [1.82, 2.24) is 4.90 Å². The molecule has 2 heterocycles. The maximum Gasteiger partial charge on any atom is 0.222 e. The Balaban J connectivity index is 1.84. The molecule has 2 aliphatic rings. The van der Waals surface area contributed by atoms with Crippen molar-refractivity contribution in [2.24, 2.45) is 17.6 Å². The third-order valence-electron chi connectivity index (χ3n) is 4.07. The average Bonchev–Trinajstić information content (AvgIpc) is 2.70. The standard InChI is InChI=1S/C13H24N2O2/c1-9-6-15(8-11(9)12(14)16)7-10-4-5-13(2,3)17-10/h9-11H,4-8H2,1-3H3,(H2,14,16)/t9-,10?,11-/m1/s1. The summed E-state index contributed by atoms with van der Waals surface area (Å²) in [5, 5.41) is 0. The molecule has 2 rings (SSSR count). The molecule has 2 N–H and O–H groups in total. The Bertz CT molecular complexity index is 304. The number of rotatable bonds is 3. The lowest BCUT2D eigenvalue weighted by atomic mass is 9.98. The van der Waals surface area contributed by atoms with Crippen LogP contribution in [0.25, 0.3) is 0 Å². The first-order valence-corrected chi connectivity index (χ1v) is 6.57. The molecule has 4 nitrogen and oxygen atoms in total. The smallest absolute Gasteiger partial charge is 0.222 e. The molecule has 98 valence electrons. The lowest BCUT2D eigenvalue weighted by Gasteiger charge is -2.23. The summed E-state index contributed by atoms with van der Waals surface area (Å²) in [6, 6.07) is 0. The number of ether oxygens (including phenoxy) is 1. The predicted molar refractivity (Wildman–Crippen MR) is 66.5 cm³/mol. The summed E-state index contributed by atoms with van der Waals surface area (Å²) in [6.45, 7) is 9.11. The van der Waals surface area contributed by atoms with Crippen molar-refractivity contribution in [2.75, 3.05) is 19.6 Å². The lowest BCUT2D eigenvalue weighted by molar-refractivity contribution is -0.122. The molecule has 1 amide bonds. The summed E-state index contributed by atoms with van der Waals surface area (Å²) in [6.07, 6.45) is 2.57. The highest BCUT2D eigenvalue weighted by Crippen LogP contribution is 2.31. The summed E-state index contributed by atoms with van der Waals surface area (Å²) in [7, 11) is 0. The predicted octanol–water partition coefficient (Wildman–Crippen LogP) is 0.997. The van der Waals surface area contributed by atoms with E-state index in [1.165, 1.54) is 0 Å². The molecular formula is C13H24N2O2. The van der Waals surface area contributed by atoms with E-state index in [1.54, 1.807) is 0 Å². The number of hydrogen-bond donors (Lipinski definition) is 1. The minimum absolute atomic E-state index is 0.0180. The Morgan fingerprint density at radius 2 is 2.18 bits per heavy atom. The molecule has 17 heavy (non-hydrogen) atoms. The van der Waals surface area contributed by atoms with Gasteiger partial charge in [0, 0.05) is 19.6 Å². The van der Waals surface area contributed by atoms with Crippen LogP contribution in [0.4, 0.5) is 0 Å². The van der Waals surface area contributed by atoms with Crippen LogP contribution in [0, 0.1) is 11.8 Å². The highest BCUT2D eigenvalue weighted by atomic mass is 16.5. The topological polar surface area (TPSA) is 55.6 Å². The van der Waals surface area contributed by atoms with Crippen molar-refractivity contribution in [3.63, 3.8) is 0 Å². The second-order valence-corrected chi connectivity index (χ2v) is 6.24. The Labute approximate surface area is 103 Å². The summed E-state index contributed by atoms with van der Waals surface area (Å²) in [5.74, 6) is 0.235. The molecule has 2 saturated heterocycles. The second-order valence-electron chi connectivity index (χ2n) is 6.24. The molecule has 2 fully saturated rings. The van der Waals surface area contributed by atoms with Gasteiger partial charge in [-0.05, 0) is 32.6 Å². The molecule has 1 unspecified atom stereocenters. The number of nitrogens with zero attached hydrogens (tertiary/aromatic N) is 1. The zero-order valence-electron chi connectivity index (χ0n) is 11.1. The molecule has 0 aromatic heterocycles. The molecule has 0 aromatic rings. The van der Waals surface area contributed by atoms with E-state index in [1.807, 2.05) is 0 Å². The fourth-order valence-corrected chi connectivity index (χ4v) is 3.08. The molecule has 4 heteroatoms. The molecule has 0 aromatic carbocycles. The van der Waals surface area contributed by atoms with E-state index in [2.05, 4.69) is 25.7 Å². The first-order valence-electron chi connectivity index (χ1n) is 6.57. The van der Waals surface area contributed by atoms with Crippen molar-refractivity contribution in [1.29, 1.82) is 0 Å². The van der Waals surface area contributed by atoms with Gasteiger partial charge < -0.3 is 10.5 Å². The van der Waals surface area contributed by atoms with Crippen molar-refractivity contribution >= 4 is 5.91 Å². The van der Waals surface area contributed by atoms with Gasteiger partial charge in [0.2, 0.25) is 5.91 Å². The zero-order valence-corrected chi connectivity index (χ0v) is 11.1. The van der Waals surface area contributed by atoms with Gasteiger partial charge in [-0.3, -0.25) is 9.69 Å². The van der Waals surface area contributed by atoms with Crippen LogP contribution in [0.1, 0.15) is 33.6 Å². The van der Waals surface area contributed by atoms with Gasteiger partial charge in [-0.1, -0.05) is 6.92 Å². The van der Waals surface area contributed by atoms with Gasteiger partial charge in [0.05, 0.1) is 17.6 Å². The van der Waals surface area contributed by atoms with Gasteiger partial charge in [-0.25, -0.2) is 0 Å². The fourth-order valence-electron chi connectivity index (χ4n) is 3.08. The van der Waals surface area contributed by atoms with Crippen molar-refractivity contribution in [2.45, 2.75) is 45.3 Å². The monoisotopic (exact) mass is 240 g/mol. The van der Waals surface area contributed by atoms with Crippen LogP contribution in [-0.4, -0.2) is 42.1 Å². The molecular weight excluding hydrogens is 216 g/mol. The van der Waals surface area contributed by atoms with Crippen LogP contribution in [0.5, 0.6) is 0 Å². The van der Waals surface area contributed by atoms with Crippen molar-refractivity contribution < 1.29 is 9.53 Å². The molecule has 2 aliphatic heterocycles. The molecule has 0 spiro atoms. The van der Waals surface area contributed by atoms with Crippen LogP contribution in [0.15, 0.2) is 0 Å². The zero-order chi connectivity index (χ0) is 12.6. The maximum absolute atomic E-state index is 11.3. The summed E-state index contributed by atoms with van der Waals surface area (Å²) >= 11 is 0. The first kappa shape index (κ1) is 12.8. The Morgan fingerprint density at radius 3 is 2.65 bits per heavy atom. The molecule has 0 radical (unpaired) electrons. The van der Waals surface area contributed by atoms with Crippen molar-refractivity contribution in [3.05, 3.63) is 0 Å². The number of hydrogen-bond acceptors (Lipinski definition) is 3. The lowest BCUT2D eigenvalue weighted by Crippen LogP contribution is -2.34. The van der Waals surface area contributed by atoms with Crippen LogP contribution in [0.3, 0.4) is 0 Å². The van der Waals surface area contributed by atoms with Gasteiger partial charge in [-0.15, -0.1) is 0 Å². The van der Waals surface area contributed by atoms with E-state index in [0.717, 1.165) is 32.5 Å². The maximum atomic E-state index is 11.3. The van der Waals surface area contributed by atoms with Crippen LogP contribution >= 0.6 is 0 Å². The third kappa shape index (κ3) is 2.99. The number of nitrogens with two attached hydrogens (primary N) is 1. The summed E-state index contributed by atoms with van der Waals surface area (Å²) in [5.41, 5.74) is 5.43. The van der Waals surface area contributed by atoms with E-state index in [4.69, 9.17) is 10.5 Å². The van der Waals surface area contributed by atoms with Crippen LogP contribution < -0.4 is 5.73 Å². The van der Waals surface area contributed by atoms with E-state index >= 15 is 0 Å². The van der Waals surface area contributed by atoms with Gasteiger partial charge in [0.25, 0.3) is 0 Å². The van der Waals surface area contributed by atoms with Crippen LogP contribution in [0.2, 0.25) is 0 Å². The minimum Gasteiger partial charge on any atom is -0.371 e. The Morgan fingerprint density at radius 1 is 1.47 bits per heavy atom. The van der Waals surface area contributed by atoms with Gasteiger partial charge in [0.1, 0.15) is 0 Å². The van der Waals surface area contributed by atoms with Gasteiger partial charge in [-0.2, -0.15) is 0 Å². The average molecular weight is 240 g/mol. The highest BCUT2D eigenvalue weighted by Gasteiger charge is 2.37. The normalized spacial score (nSPS) is 37.5. The second kappa shape index (κ2) is 4.58. The third-order valence-corrected chi connectivity index (χ3v) is 4.07. The quantitative estimate of drug-likeness (QED) is 0.800. The summed E-state index contributed by atoms with van der Waals surface area (Å²) in [4.78, 5) is 13.6. The fraction of sp³-hybridized carbons (Fsp3) is 0.923. The highest BCUT2D eigenvalue weighted by molar-refractivity contribution is 5.77. The molecule has 0 bridgehead atoms. The number of primary amides is 1. The number of carbonyl (C=O) groups excluding carboxylic acids is 1. The minimum atomic E-state index is -0.160. The van der Waals surface area contributed by atoms with Crippen molar-refractivity contribution in [3.8, 4) is 0 Å². The SMILES string of the molecule is C[C@@H]1CN(CC2CCC(C)(C)O2)C[C@H]1C(N)=O. The number of amides is 1. The largest absolute Gasteiger partial charge is 0.371 e. The Hall–Kier alpha value is -0.610. The van der Waals surface area contributed by atoms with E-state index in [-0.39, 0.29) is 17.4 Å². The van der Waals surface area contributed by atoms with Crippen LogP contribution in [-0.2, 0) is 9.53 Å². The number of carbonyl (C=O) groups is 1. The first-order chi connectivity index (χ1) is 7.87. The molecule has 0 saturated carbocycles. The van der Waals surface area contributed by atoms with E-state index in [9.17, 15) is 4.79 Å². The van der Waals surface area contributed by atoms with Gasteiger partial charge in [0.15, 0.2) is 0 Å². The van der Waals surface area contributed by atoms with E-state index < -0.39 is 0 Å². The molecule has 0 aliphatic carbocycles. The molecule has 3 atom stereocenters. The Kier molecular flexibility index (Phi) is 3.46.